The summed E-state index contributed by atoms with van der Waals surface area (Å²) in [5.74, 6) is 5.73. The van der Waals surface area contributed by atoms with Gasteiger partial charge < -0.3 is 10.1 Å². The zero-order valence-electron chi connectivity index (χ0n) is 16.0. The number of benzene rings is 3. The second-order valence-electron chi connectivity index (χ2n) is 6.84. The van der Waals surface area contributed by atoms with E-state index in [0.29, 0.717) is 16.1 Å². The minimum Gasteiger partial charge on any atom is -0.449 e. The first-order chi connectivity index (χ1) is 14.7. The van der Waals surface area contributed by atoms with Crippen molar-refractivity contribution >= 4 is 24.0 Å². The predicted molar refractivity (Wildman–Crippen MR) is 117 cm³/mol. The summed E-state index contributed by atoms with van der Waals surface area (Å²) in [5.41, 5.74) is 5.79. The van der Waals surface area contributed by atoms with Gasteiger partial charge in [-0.3, -0.25) is 4.79 Å². The lowest BCUT2D eigenvalue weighted by Crippen LogP contribution is -2.26. The van der Waals surface area contributed by atoms with Crippen molar-refractivity contribution < 1.29 is 14.3 Å². The second kappa shape index (κ2) is 8.86. The standard InChI is InChI=1S/C25H18ClNO3/c26-24-14-17(15-28)11-12-18(24)6-5-13-27-25(29)30-16-23-21-9-3-1-7-19(21)20-8-2-4-10-22(20)23/h1-4,7-12,14-15,23H,13,16H2,(H,27,29). The number of ether oxygens (including phenoxy) is 1. The van der Waals surface area contributed by atoms with Gasteiger partial charge in [0.25, 0.3) is 0 Å². The Kier molecular flexibility index (Phi) is 5.83. The molecule has 1 amide bonds. The lowest BCUT2D eigenvalue weighted by molar-refractivity contribution is 0.112. The average molecular weight is 416 g/mol. The highest BCUT2D eigenvalue weighted by Gasteiger charge is 2.28. The Morgan fingerprint density at radius 3 is 2.33 bits per heavy atom. The number of aldehydes is 1. The van der Waals surface area contributed by atoms with Crippen molar-refractivity contribution in [2.24, 2.45) is 0 Å². The first-order valence-electron chi connectivity index (χ1n) is 9.50. The Balaban J connectivity index is 1.35. The number of amides is 1. The van der Waals surface area contributed by atoms with Crippen molar-refractivity contribution in [1.29, 1.82) is 0 Å². The maximum Gasteiger partial charge on any atom is 0.407 e. The Hall–Kier alpha value is -3.55. The molecule has 30 heavy (non-hydrogen) atoms. The molecule has 0 aliphatic heterocycles. The smallest absolute Gasteiger partial charge is 0.407 e. The molecule has 1 N–H and O–H groups in total. The van der Waals surface area contributed by atoms with Crippen molar-refractivity contribution in [2.75, 3.05) is 13.2 Å². The third kappa shape index (κ3) is 4.07. The molecule has 0 saturated heterocycles. The van der Waals surface area contributed by atoms with E-state index >= 15 is 0 Å². The van der Waals surface area contributed by atoms with Gasteiger partial charge in [0, 0.05) is 17.0 Å². The SMILES string of the molecule is O=Cc1ccc(C#CCNC(=O)OCC2c3ccccc3-c3ccccc32)c(Cl)c1. The van der Waals surface area contributed by atoms with Gasteiger partial charge in [-0.15, -0.1) is 0 Å². The quantitative estimate of drug-likeness (QED) is 0.479. The summed E-state index contributed by atoms with van der Waals surface area (Å²) in [4.78, 5) is 22.9. The van der Waals surface area contributed by atoms with E-state index in [1.165, 1.54) is 22.3 Å². The number of halogens is 1. The Morgan fingerprint density at radius 2 is 1.70 bits per heavy atom. The van der Waals surface area contributed by atoms with Gasteiger partial charge in [-0.2, -0.15) is 0 Å². The number of hydrogen-bond acceptors (Lipinski definition) is 3. The number of hydrogen-bond donors (Lipinski definition) is 1. The summed E-state index contributed by atoms with van der Waals surface area (Å²) in [5, 5.41) is 3.03. The van der Waals surface area contributed by atoms with Crippen molar-refractivity contribution in [3.05, 3.63) is 94.0 Å². The van der Waals surface area contributed by atoms with E-state index < -0.39 is 6.09 Å². The van der Waals surface area contributed by atoms with Crippen LogP contribution in [0.15, 0.2) is 66.7 Å². The molecular weight excluding hydrogens is 398 g/mol. The average Bonchev–Trinajstić information content (AvgIpc) is 3.10. The summed E-state index contributed by atoms with van der Waals surface area (Å²) in [7, 11) is 0. The van der Waals surface area contributed by atoms with E-state index in [1.54, 1.807) is 18.2 Å². The number of fused-ring (bicyclic) bond motifs is 3. The van der Waals surface area contributed by atoms with Gasteiger partial charge >= 0.3 is 6.09 Å². The number of nitrogens with one attached hydrogen (secondary N) is 1. The van der Waals surface area contributed by atoms with Gasteiger partial charge in [0.1, 0.15) is 12.9 Å². The van der Waals surface area contributed by atoms with Gasteiger partial charge in [-0.05, 0) is 34.4 Å². The number of carbonyl (C=O) groups is 2. The van der Waals surface area contributed by atoms with Gasteiger partial charge in [0.15, 0.2) is 0 Å². The summed E-state index contributed by atoms with van der Waals surface area (Å²) in [6, 6.07) is 21.2. The van der Waals surface area contributed by atoms with Crippen LogP contribution in [0.5, 0.6) is 0 Å². The Morgan fingerprint density at radius 1 is 1.03 bits per heavy atom. The summed E-state index contributed by atoms with van der Waals surface area (Å²) in [6.07, 6.45) is 0.204. The molecule has 0 bridgehead atoms. The van der Waals surface area contributed by atoms with Crippen molar-refractivity contribution in [3.63, 3.8) is 0 Å². The van der Waals surface area contributed by atoms with Crippen LogP contribution in [0, 0.1) is 11.8 Å². The molecule has 0 atom stereocenters. The summed E-state index contributed by atoms with van der Waals surface area (Å²) in [6.45, 7) is 0.384. The highest BCUT2D eigenvalue weighted by Crippen LogP contribution is 2.44. The maximum atomic E-state index is 12.1. The second-order valence-corrected chi connectivity index (χ2v) is 7.25. The number of rotatable bonds is 4. The monoisotopic (exact) mass is 415 g/mol. The maximum absolute atomic E-state index is 12.1. The van der Waals surface area contributed by atoms with Crippen molar-refractivity contribution in [3.8, 4) is 23.0 Å². The Bertz CT molecular complexity index is 1130. The molecule has 3 aromatic rings. The zero-order chi connectivity index (χ0) is 20.9. The van der Waals surface area contributed by atoms with E-state index in [9.17, 15) is 9.59 Å². The van der Waals surface area contributed by atoms with E-state index in [1.807, 2.05) is 24.3 Å². The van der Waals surface area contributed by atoms with Gasteiger partial charge in [-0.1, -0.05) is 78.0 Å². The first kappa shape index (κ1) is 19.8. The lowest BCUT2D eigenvalue weighted by atomic mass is 9.98. The molecule has 1 aliphatic carbocycles. The van der Waals surface area contributed by atoms with Crippen LogP contribution >= 0.6 is 11.6 Å². The van der Waals surface area contributed by atoms with Crippen LogP contribution < -0.4 is 5.32 Å². The highest BCUT2D eigenvalue weighted by molar-refractivity contribution is 6.32. The van der Waals surface area contributed by atoms with Crippen molar-refractivity contribution in [1.82, 2.24) is 5.32 Å². The zero-order valence-corrected chi connectivity index (χ0v) is 16.8. The molecule has 0 unspecified atom stereocenters. The van der Waals surface area contributed by atoms with Gasteiger partial charge in [0.05, 0.1) is 11.6 Å². The number of carbonyl (C=O) groups excluding carboxylic acids is 2. The summed E-state index contributed by atoms with van der Waals surface area (Å²) >= 11 is 6.08. The lowest BCUT2D eigenvalue weighted by Gasteiger charge is -2.14. The Labute approximate surface area is 179 Å². The summed E-state index contributed by atoms with van der Waals surface area (Å²) < 4.78 is 5.46. The van der Waals surface area contributed by atoms with Gasteiger partial charge in [-0.25, -0.2) is 4.79 Å². The van der Waals surface area contributed by atoms with Crippen LogP contribution in [-0.4, -0.2) is 25.5 Å². The van der Waals surface area contributed by atoms with Crippen LogP contribution in [0.4, 0.5) is 4.79 Å². The normalized spacial score (nSPS) is 11.6. The van der Waals surface area contributed by atoms with Gasteiger partial charge in [0.2, 0.25) is 0 Å². The third-order valence-electron chi connectivity index (χ3n) is 5.02. The molecule has 4 nitrogen and oxygen atoms in total. The van der Waals surface area contributed by atoms with Crippen LogP contribution in [-0.2, 0) is 4.74 Å². The van der Waals surface area contributed by atoms with E-state index in [-0.39, 0.29) is 19.1 Å². The molecule has 0 saturated carbocycles. The van der Waals surface area contributed by atoms with E-state index in [2.05, 4.69) is 41.4 Å². The minimum absolute atomic E-state index is 0.0179. The topological polar surface area (TPSA) is 55.4 Å². The molecule has 0 radical (unpaired) electrons. The molecule has 0 spiro atoms. The molecule has 0 heterocycles. The van der Waals surface area contributed by atoms with Crippen LogP contribution in [0.1, 0.15) is 33.0 Å². The molecule has 5 heteroatoms. The molecule has 148 valence electrons. The molecule has 3 aromatic carbocycles. The predicted octanol–water partition coefficient (Wildman–Crippen LogP) is 5.04. The highest BCUT2D eigenvalue weighted by atomic mass is 35.5. The molecular formula is C25H18ClNO3. The molecule has 0 fully saturated rings. The first-order valence-corrected chi connectivity index (χ1v) is 9.87. The number of alkyl carbamates (subject to hydrolysis) is 1. The molecule has 4 rings (SSSR count). The van der Waals surface area contributed by atoms with Crippen LogP contribution in [0.3, 0.4) is 0 Å². The van der Waals surface area contributed by atoms with Crippen molar-refractivity contribution in [2.45, 2.75) is 5.92 Å². The minimum atomic E-state index is -0.520. The molecule has 1 aliphatic rings. The van der Waals surface area contributed by atoms with Crippen LogP contribution in [0.25, 0.3) is 11.1 Å². The van der Waals surface area contributed by atoms with Crippen LogP contribution in [0.2, 0.25) is 5.02 Å². The fourth-order valence-electron chi connectivity index (χ4n) is 3.61. The van der Waals surface area contributed by atoms with E-state index in [0.717, 1.165) is 6.29 Å². The third-order valence-corrected chi connectivity index (χ3v) is 5.33. The fourth-order valence-corrected chi connectivity index (χ4v) is 3.85. The molecule has 0 aromatic heterocycles. The fraction of sp³-hybridized carbons (Fsp3) is 0.120. The van der Waals surface area contributed by atoms with E-state index in [4.69, 9.17) is 16.3 Å². The largest absolute Gasteiger partial charge is 0.449 e.